The smallest absolute Gasteiger partial charge is 0.335 e. The van der Waals surface area contributed by atoms with Gasteiger partial charge in [0.1, 0.15) is 61.0 Å². The minimum Gasteiger partial charge on any atom is -0.479 e. The average Bonchev–Trinajstić information content (AvgIpc) is 3.22. The summed E-state index contributed by atoms with van der Waals surface area (Å²) in [5.41, 5.74) is 0.763. The number of ether oxygens (including phenoxy) is 6. The van der Waals surface area contributed by atoms with Crippen LogP contribution in [0, 0.1) is 50.2 Å². The lowest BCUT2D eigenvalue weighted by atomic mass is 9.33. The molecule has 0 unspecified atom stereocenters. The van der Waals surface area contributed by atoms with Crippen molar-refractivity contribution in [1.29, 1.82) is 0 Å². The van der Waals surface area contributed by atoms with Crippen LogP contribution in [0.25, 0.3) is 0 Å². The second-order valence-electron chi connectivity index (χ2n) is 23.8. The van der Waals surface area contributed by atoms with Crippen molar-refractivity contribution in [3.8, 4) is 0 Å². The van der Waals surface area contributed by atoms with Crippen molar-refractivity contribution >= 4 is 5.97 Å². The van der Waals surface area contributed by atoms with Gasteiger partial charge in [0.2, 0.25) is 0 Å². The second-order valence-corrected chi connectivity index (χ2v) is 23.8. The van der Waals surface area contributed by atoms with Crippen LogP contribution in [-0.4, -0.2) is 168 Å². The molecule has 17 heteroatoms. The summed E-state index contributed by atoms with van der Waals surface area (Å²) in [6.07, 6.45) is -15.9. The highest BCUT2D eigenvalue weighted by Crippen LogP contribution is 2.76. The van der Waals surface area contributed by atoms with Crippen molar-refractivity contribution in [2.45, 2.75) is 224 Å². The van der Waals surface area contributed by atoms with E-state index in [1.54, 1.807) is 5.57 Å². The number of hydrogen-bond acceptors (Lipinski definition) is 16. The van der Waals surface area contributed by atoms with E-state index in [0.29, 0.717) is 18.3 Å². The Kier molecular flexibility index (Phi) is 13.2. The van der Waals surface area contributed by atoms with Gasteiger partial charge < -0.3 is 79.5 Å². The van der Waals surface area contributed by atoms with E-state index < -0.39 is 116 Å². The molecule has 8 rings (SSSR count). The van der Waals surface area contributed by atoms with Crippen LogP contribution < -0.4 is 0 Å². The fraction of sp³-hybridized carbons (Fsp3) is 0.938. The SMILES string of the molecule is C[C@@H]1O[C@H](O[C@@H]2[C@@H](O[C@@H]3[C@@H](O[C@H]4CC[C@]5(C)[C@H]6CC=C7[C@@H]8CC(C)(C)C[C@H](O)[C@]8(C)CC[C@@]7(C)[C@]6(C)CC[C@H]5C4(C)C)O[C@@H](C(=O)O)[C@H](O)[C@H]3O)O[C@@H](CO)[C@H](O)[C@H]2O)[C@@H](O)[C@H](O)[C@H]1O. The van der Waals surface area contributed by atoms with Crippen LogP contribution in [0.1, 0.15) is 120 Å². The van der Waals surface area contributed by atoms with Gasteiger partial charge in [0.25, 0.3) is 0 Å². The number of carbonyl (C=O) groups is 1. The van der Waals surface area contributed by atoms with Crippen LogP contribution in [0.3, 0.4) is 0 Å². The number of carboxylic acids is 1. The van der Waals surface area contributed by atoms with E-state index in [0.717, 1.165) is 51.4 Å². The van der Waals surface area contributed by atoms with Crippen LogP contribution in [0.15, 0.2) is 11.6 Å². The Hall–Kier alpha value is -1.39. The van der Waals surface area contributed by atoms with E-state index >= 15 is 0 Å². The first-order chi connectivity index (χ1) is 30.2. The first-order valence-electron chi connectivity index (χ1n) is 24.1. The molecule has 4 saturated carbocycles. The average molecular weight is 927 g/mol. The number of fused-ring (bicyclic) bond motifs is 7. The summed E-state index contributed by atoms with van der Waals surface area (Å²) in [6, 6.07) is 0. The number of aliphatic hydroxyl groups excluding tert-OH is 9. The second kappa shape index (κ2) is 17.2. The molecule has 17 nitrogen and oxygen atoms in total. The van der Waals surface area contributed by atoms with Crippen molar-refractivity contribution in [3.05, 3.63) is 11.6 Å². The van der Waals surface area contributed by atoms with E-state index in [2.05, 4.69) is 61.5 Å². The monoisotopic (exact) mass is 927 g/mol. The maximum atomic E-state index is 12.5. The number of aliphatic hydroxyl groups is 9. The Balaban J connectivity index is 1.06. The third kappa shape index (κ3) is 7.81. The lowest BCUT2D eigenvalue weighted by Gasteiger charge is -2.71. The largest absolute Gasteiger partial charge is 0.479 e. The van der Waals surface area contributed by atoms with Crippen molar-refractivity contribution in [3.63, 3.8) is 0 Å². The zero-order chi connectivity index (χ0) is 47.7. The maximum Gasteiger partial charge on any atom is 0.335 e. The molecule has 0 aromatic rings. The zero-order valence-corrected chi connectivity index (χ0v) is 39.5. The number of carboxylic acid groups (broad SMARTS) is 1. The van der Waals surface area contributed by atoms with Gasteiger partial charge in [-0.05, 0) is 110 Å². The summed E-state index contributed by atoms with van der Waals surface area (Å²) in [7, 11) is 0. The third-order valence-electron chi connectivity index (χ3n) is 19.4. The van der Waals surface area contributed by atoms with Crippen LogP contribution in [-0.2, 0) is 33.2 Å². The lowest BCUT2D eigenvalue weighted by molar-refractivity contribution is -0.395. The van der Waals surface area contributed by atoms with Crippen molar-refractivity contribution in [2.24, 2.45) is 50.2 Å². The molecule has 0 bridgehead atoms. The summed E-state index contributed by atoms with van der Waals surface area (Å²) in [4.78, 5) is 12.5. The third-order valence-corrected chi connectivity index (χ3v) is 19.4. The predicted octanol–water partition coefficient (Wildman–Crippen LogP) is 1.73. The summed E-state index contributed by atoms with van der Waals surface area (Å²) >= 11 is 0. The normalized spacial score (nSPS) is 55.1. The van der Waals surface area contributed by atoms with Gasteiger partial charge in [0.05, 0.1) is 24.9 Å². The summed E-state index contributed by atoms with van der Waals surface area (Å²) in [5.74, 6) is -0.724. The molecule has 3 heterocycles. The van der Waals surface area contributed by atoms with Crippen LogP contribution in [0.2, 0.25) is 0 Å². The Morgan fingerprint density at radius 1 is 0.662 bits per heavy atom. The molecule has 65 heavy (non-hydrogen) atoms. The molecule has 5 aliphatic carbocycles. The topological polar surface area (TPSA) is 275 Å². The van der Waals surface area contributed by atoms with E-state index in [9.17, 15) is 55.9 Å². The van der Waals surface area contributed by atoms with Crippen molar-refractivity contribution < 1.29 is 84.3 Å². The minimum atomic E-state index is -2.02. The Morgan fingerprint density at radius 2 is 1.29 bits per heavy atom. The van der Waals surface area contributed by atoms with E-state index in [4.69, 9.17) is 28.4 Å². The van der Waals surface area contributed by atoms with Gasteiger partial charge in [0.15, 0.2) is 25.0 Å². The molecule has 0 aromatic heterocycles. The highest BCUT2D eigenvalue weighted by atomic mass is 16.8. The number of hydrogen-bond donors (Lipinski definition) is 10. The molecule has 7 fully saturated rings. The molecule has 0 aromatic carbocycles. The van der Waals surface area contributed by atoms with Gasteiger partial charge in [-0.3, -0.25) is 0 Å². The van der Waals surface area contributed by atoms with Gasteiger partial charge in [-0.1, -0.05) is 67.0 Å². The Bertz CT molecular complexity index is 1790. The minimum absolute atomic E-state index is 0.00181. The van der Waals surface area contributed by atoms with E-state index in [1.807, 2.05) is 0 Å². The molecule has 3 saturated heterocycles. The fourth-order valence-electron chi connectivity index (χ4n) is 15.1. The molecule has 3 aliphatic heterocycles. The fourth-order valence-corrected chi connectivity index (χ4v) is 15.1. The van der Waals surface area contributed by atoms with Crippen molar-refractivity contribution in [2.75, 3.05) is 6.61 Å². The Labute approximate surface area is 382 Å². The molecule has 10 N–H and O–H groups in total. The first-order valence-corrected chi connectivity index (χ1v) is 24.1. The summed E-state index contributed by atoms with van der Waals surface area (Å²) in [6.45, 7) is 19.3. The zero-order valence-electron chi connectivity index (χ0n) is 39.5. The molecule has 8 aliphatic rings. The van der Waals surface area contributed by atoms with Gasteiger partial charge in [-0.2, -0.15) is 0 Å². The highest BCUT2D eigenvalue weighted by molar-refractivity contribution is 5.73. The molecule has 0 amide bonds. The van der Waals surface area contributed by atoms with Gasteiger partial charge in [-0.15, -0.1) is 0 Å². The van der Waals surface area contributed by atoms with Crippen LogP contribution >= 0.6 is 0 Å². The predicted molar refractivity (Wildman–Crippen MR) is 229 cm³/mol. The molecule has 24 atom stereocenters. The number of allylic oxidation sites excluding steroid dienone is 2. The van der Waals surface area contributed by atoms with E-state index in [1.165, 1.54) is 6.92 Å². The first kappa shape index (κ1) is 50.0. The molecule has 0 spiro atoms. The van der Waals surface area contributed by atoms with E-state index in [-0.39, 0.29) is 39.1 Å². The maximum absolute atomic E-state index is 12.5. The summed E-state index contributed by atoms with van der Waals surface area (Å²) in [5, 5.41) is 108. The molecular formula is C48H78O17. The quantitative estimate of drug-likeness (QED) is 0.123. The van der Waals surface area contributed by atoms with Gasteiger partial charge in [0, 0.05) is 5.41 Å². The lowest BCUT2D eigenvalue weighted by Crippen LogP contribution is -2.68. The highest BCUT2D eigenvalue weighted by Gasteiger charge is 2.69. The number of aliphatic carboxylic acids is 1. The molecule has 372 valence electrons. The molecular weight excluding hydrogens is 849 g/mol. The number of rotatable bonds is 8. The van der Waals surface area contributed by atoms with Crippen LogP contribution in [0.5, 0.6) is 0 Å². The molecule has 0 radical (unpaired) electrons. The van der Waals surface area contributed by atoms with Gasteiger partial charge in [-0.25, -0.2) is 4.79 Å². The van der Waals surface area contributed by atoms with Gasteiger partial charge >= 0.3 is 5.97 Å². The van der Waals surface area contributed by atoms with Crippen LogP contribution in [0.4, 0.5) is 0 Å². The summed E-state index contributed by atoms with van der Waals surface area (Å²) < 4.78 is 36.4. The Morgan fingerprint density at radius 3 is 1.94 bits per heavy atom. The van der Waals surface area contributed by atoms with Crippen molar-refractivity contribution in [1.82, 2.24) is 0 Å². The standard InChI is InChI=1S/C48H78O17/c1-21-29(51)31(53)35(57)40(60-21)64-37-32(54)30(52)24(20-49)61-41(37)65-38-34(56)33(55)36(39(58)59)63-42(38)62-28-13-14-46(7)25(44(28,4)5)12-15-48(9)26(46)11-10-22-23-18-43(2,3)19-27(50)45(23,6)16-17-47(22,48)8/h10,21,23-38,40-42,49-57H,11-20H2,1-9H3,(H,58,59)/t21-,23-,24-,25-,26+,27-,28-,29-,30-,31+,32+,33+,34+,35-,36+,37-,38-,40+,41+,42-,45+,46-,47+,48+/m0/s1.